The van der Waals surface area contributed by atoms with Gasteiger partial charge in [-0.25, -0.2) is 14.4 Å². The summed E-state index contributed by atoms with van der Waals surface area (Å²) in [5.74, 6) is -4.77. The Balaban J connectivity index is 0.000000473. The molecule has 0 spiro atoms. The smallest absolute Gasteiger partial charge is 0.543 e. The first kappa shape index (κ1) is 29.6. The van der Waals surface area contributed by atoms with Crippen molar-refractivity contribution >= 4 is 17.9 Å². The van der Waals surface area contributed by atoms with Gasteiger partial charge in [-0.15, -0.1) is 0 Å². The van der Waals surface area contributed by atoms with Crippen LogP contribution in [0.2, 0.25) is 0 Å². The maximum absolute atomic E-state index is 10.4. The van der Waals surface area contributed by atoms with Crippen LogP contribution in [0.1, 0.15) is 31.5 Å². The molecule has 3 aromatic heterocycles. The fourth-order valence-electron chi connectivity index (χ4n) is 1.74. The standard InChI is InChI=1S/3C5H4N2O4.La/c3*8-3-1-2(4(9)10)6-5(11)7-3;/h3*1H,(H,9,10)(H2,6,7,8,11);/q;;;+3/p-3. The summed E-state index contributed by atoms with van der Waals surface area (Å²) < 4.78 is 0. The van der Waals surface area contributed by atoms with Crippen LogP contribution in [0.5, 0.6) is 0 Å². The van der Waals surface area contributed by atoms with Crippen LogP contribution in [0, 0.1) is 35.6 Å². The Kier molecular flexibility index (Phi) is 11.6. The number of H-pyrrole nitrogens is 6. The van der Waals surface area contributed by atoms with Crippen molar-refractivity contribution in [3.8, 4) is 0 Å². The molecule has 0 saturated heterocycles. The van der Waals surface area contributed by atoms with E-state index in [1.54, 1.807) is 0 Å². The predicted molar refractivity (Wildman–Crippen MR) is 96.0 cm³/mol. The summed E-state index contributed by atoms with van der Waals surface area (Å²) in [5, 5.41) is 30.2. The number of nitrogens with one attached hydrogen (secondary N) is 6. The molecule has 0 aliphatic rings. The van der Waals surface area contributed by atoms with Crippen molar-refractivity contribution in [3.05, 3.63) is 97.8 Å². The molecule has 174 valence electrons. The maximum Gasteiger partial charge on any atom is 3.00 e. The fraction of sp³-hybridized carbons (Fsp3) is 0. The number of aromatic nitrogens is 6. The van der Waals surface area contributed by atoms with Gasteiger partial charge >= 0.3 is 52.7 Å². The third kappa shape index (κ3) is 10.3. The van der Waals surface area contributed by atoms with Crippen molar-refractivity contribution in [2.24, 2.45) is 0 Å². The van der Waals surface area contributed by atoms with Gasteiger partial charge in [0.2, 0.25) is 0 Å². The molecule has 0 unspecified atom stereocenters. The quantitative estimate of drug-likeness (QED) is 0.162. The summed E-state index contributed by atoms with van der Waals surface area (Å²) in [4.78, 5) is 104. The molecular weight excluding hydrogens is 595 g/mol. The fourth-order valence-corrected chi connectivity index (χ4v) is 1.74. The zero-order chi connectivity index (χ0) is 25.3. The van der Waals surface area contributed by atoms with Gasteiger partial charge in [-0.3, -0.25) is 29.3 Å². The van der Waals surface area contributed by atoms with Crippen molar-refractivity contribution in [2.75, 3.05) is 0 Å². The third-order valence-corrected chi connectivity index (χ3v) is 2.94. The number of carbonyl (C=O) groups excluding carboxylic acids is 3. The molecule has 18 nitrogen and oxygen atoms in total. The Bertz CT molecular complexity index is 1270. The molecule has 3 rings (SSSR count). The second kappa shape index (κ2) is 13.3. The number of rotatable bonds is 3. The second-order valence-electron chi connectivity index (χ2n) is 5.37. The molecule has 0 atom stereocenters. The zero-order valence-corrected chi connectivity index (χ0v) is 19.8. The van der Waals surface area contributed by atoms with Gasteiger partial charge in [-0.05, 0) is 0 Å². The zero-order valence-electron chi connectivity index (χ0n) is 16.2. The van der Waals surface area contributed by atoms with Crippen molar-refractivity contribution in [2.45, 2.75) is 0 Å². The Labute approximate surface area is 210 Å². The molecule has 0 radical (unpaired) electrons. The number of aromatic amines is 6. The largest absolute Gasteiger partial charge is 3.00 e. The van der Waals surface area contributed by atoms with Crippen LogP contribution >= 0.6 is 0 Å². The van der Waals surface area contributed by atoms with Crippen LogP contribution in [0.4, 0.5) is 0 Å². The molecule has 0 aliphatic carbocycles. The van der Waals surface area contributed by atoms with E-state index in [0.29, 0.717) is 0 Å². The van der Waals surface area contributed by atoms with E-state index in [2.05, 4.69) is 0 Å². The molecule has 3 aromatic rings. The van der Waals surface area contributed by atoms with Gasteiger partial charge in [0.1, 0.15) is 0 Å². The van der Waals surface area contributed by atoms with E-state index in [4.69, 9.17) is 0 Å². The number of carboxylic acids is 3. The molecule has 0 saturated carbocycles. The summed E-state index contributed by atoms with van der Waals surface area (Å²) in [7, 11) is 0. The van der Waals surface area contributed by atoms with E-state index in [9.17, 15) is 58.5 Å². The monoisotopic (exact) mass is 604 g/mol. The minimum Gasteiger partial charge on any atom is -0.543 e. The number of aromatic carboxylic acids is 3. The van der Waals surface area contributed by atoms with Gasteiger partial charge in [0, 0.05) is 18.2 Å². The summed E-state index contributed by atoms with van der Waals surface area (Å²) >= 11 is 0. The molecule has 0 aromatic carbocycles. The first-order valence-corrected chi connectivity index (χ1v) is 7.93. The summed E-state index contributed by atoms with van der Waals surface area (Å²) in [6.45, 7) is 0. The van der Waals surface area contributed by atoms with E-state index in [1.807, 2.05) is 29.9 Å². The van der Waals surface area contributed by atoms with Gasteiger partial charge in [0.15, 0.2) is 0 Å². The Morgan fingerprint density at radius 2 is 0.676 bits per heavy atom. The average Bonchev–Trinajstić information content (AvgIpc) is 2.66. The molecule has 34 heavy (non-hydrogen) atoms. The average molecular weight is 604 g/mol. The van der Waals surface area contributed by atoms with E-state index in [1.165, 1.54) is 0 Å². The second-order valence-corrected chi connectivity index (χ2v) is 5.37. The molecule has 3 heterocycles. The molecule has 0 bridgehead atoms. The van der Waals surface area contributed by atoms with Gasteiger partial charge in [0.25, 0.3) is 16.7 Å². The minimum absolute atomic E-state index is 0. The summed E-state index contributed by atoms with van der Waals surface area (Å²) in [5.41, 5.74) is -6.49. The summed E-state index contributed by atoms with van der Waals surface area (Å²) in [6, 6.07) is 2.20. The molecule has 0 amide bonds. The molecule has 0 aliphatic heterocycles. The number of carbonyl (C=O) groups is 3. The number of hydrogen-bond donors (Lipinski definition) is 6. The Hall–Kier alpha value is -4.36. The van der Waals surface area contributed by atoms with E-state index in [0.717, 1.165) is 18.2 Å². The number of carboxylic acid groups (broad SMARTS) is 3. The number of hydrogen-bond acceptors (Lipinski definition) is 12. The van der Waals surface area contributed by atoms with Crippen LogP contribution in [-0.2, 0) is 0 Å². The van der Waals surface area contributed by atoms with E-state index < -0.39 is 68.7 Å². The molecule has 0 fully saturated rings. The van der Waals surface area contributed by atoms with Crippen LogP contribution in [0.3, 0.4) is 0 Å². The predicted octanol–water partition coefficient (Wildman–Crippen LogP) is -7.72. The SMILES string of the molecule is O=C([O-])c1cc(=O)[nH]c(=O)[nH]1.O=C([O-])c1cc(=O)[nH]c(=O)[nH]1.O=C([O-])c1cc(=O)[nH]c(=O)[nH]1.[La+3]. The van der Waals surface area contributed by atoms with Gasteiger partial charge in [-0.2, -0.15) is 0 Å². The van der Waals surface area contributed by atoms with Crippen molar-refractivity contribution in [3.63, 3.8) is 0 Å². The summed E-state index contributed by atoms with van der Waals surface area (Å²) in [6.07, 6.45) is 0. The van der Waals surface area contributed by atoms with E-state index in [-0.39, 0.29) is 35.6 Å². The normalized spacial score (nSPS) is 9.18. The van der Waals surface area contributed by atoms with Crippen LogP contribution in [0.15, 0.2) is 47.0 Å². The van der Waals surface area contributed by atoms with Crippen molar-refractivity contribution < 1.29 is 65.3 Å². The topological polar surface area (TPSA) is 318 Å². The molecule has 19 heteroatoms. The van der Waals surface area contributed by atoms with Gasteiger partial charge < -0.3 is 44.7 Å². The Morgan fingerprint density at radius 1 is 0.471 bits per heavy atom. The van der Waals surface area contributed by atoms with Crippen LogP contribution < -0.4 is 49.1 Å². The molecular formula is C15H9LaN6O12. The molecule has 6 N–H and O–H groups in total. The van der Waals surface area contributed by atoms with Gasteiger partial charge in [0.05, 0.1) is 35.0 Å². The van der Waals surface area contributed by atoms with E-state index >= 15 is 0 Å². The first-order valence-electron chi connectivity index (χ1n) is 7.93. The van der Waals surface area contributed by atoms with Crippen LogP contribution in [-0.4, -0.2) is 47.8 Å². The van der Waals surface area contributed by atoms with Crippen molar-refractivity contribution in [1.29, 1.82) is 0 Å². The minimum atomic E-state index is -1.59. The maximum atomic E-state index is 10.4. The van der Waals surface area contributed by atoms with Crippen LogP contribution in [0.25, 0.3) is 0 Å². The first-order chi connectivity index (χ1) is 15.3. The van der Waals surface area contributed by atoms with Gasteiger partial charge in [-0.1, -0.05) is 0 Å². The Morgan fingerprint density at radius 3 is 0.824 bits per heavy atom. The van der Waals surface area contributed by atoms with Crippen molar-refractivity contribution in [1.82, 2.24) is 29.9 Å². The third-order valence-electron chi connectivity index (χ3n) is 2.94.